The van der Waals surface area contributed by atoms with Gasteiger partial charge in [-0.3, -0.25) is 0 Å². The van der Waals surface area contributed by atoms with Crippen LogP contribution in [0.2, 0.25) is 0 Å². The summed E-state index contributed by atoms with van der Waals surface area (Å²) in [6.45, 7) is 3.10. The maximum Gasteiger partial charge on any atom is -0.00715 e. The molecule has 0 heterocycles. The van der Waals surface area contributed by atoms with Gasteiger partial charge >= 0.3 is 0 Å². The minimum Gasteiger partial charge on any atom is -0.330 e. The Labute approximate surface area is 92.7 Å². The number of fused-ring (bicyclic) bond motifs is 1. The van der Waals surface area contributed by atoms with E-state index in [9.17, 15) is 0 Å². The highest BCUT2D eigenvalue weighted by atomic mass is 14.5. The van der Waals surface area contributed by atoms with Gasteiger partial charge < -0.3 is 5.73 Å². The highest BCUT2D eigenvalue weighted by molar-refractivity contribution is 5.38. The van der Waals surface area contributed by atoms with Gasteiger partial charge in [-0.05, 0) is 61.3 Å². The number of rotatable bonds is 3. The van der Waals surface area contributed by atoms with Crippen LogP contribution in [0.5, 0.6) is 0 Å². The Morgan fingerprint density at radius 1 is 1.27 bits per heavy atom. The Balaban J connectivity index is 2.30. The number of nitrogens with two attached hydrogens (primary N) is 1. The van der Waals surface area contributed by atoms with E-state index in [0.29, 0.717) is 5.92 Å². The van der Waals surface area contributed by atoms with Crippen molar-refractivity contribution in [2.45, 2.75) is 44.9 Å². The summed E-state index contributed by atoms with van der Waals surface area (Å²) in [6.07, 6.45) is 6.39. The van der Waals surface area contributed by atoms with Crippen LogP contribution in [0.15, 0.2) is 18.2 Å². The topological polar surface area (TPSA) is 26.0 Å². The third-order valence-electron chi connectivity index (χ3n) is 3.56. The lowest BCUT2D eigenvalue weighted by Gasteiger charge is -2.22. The Morgan fingerprint density at radius 2 is 2.07 bits per heavy atom. The number of benzene rings is 1. The van der Waals surface area contributed by atoms with Crippen molar-refractivity contribution in [3.05, 3.63) is 34.9 Å². The minimum atomic E-state index is 0.628. The number of aryl methyl sites for hydroxylation is 1. The van der Waals surface area contributed by atoms with Crippen LogP contribution < -0.4 is 5.73 Å². The molecular weight excluding hydrogens is 182 g/mol. The lowest BCUT2D eigenvalue weighted by molar-refractivity contribution is 0.642. The first kappa shape index (κ1) is 10.7. The molecule has 1 aliphatic carbocycles. The largest absolute Gasteiger partial charge is 0.330 e. The van der Waals surface area contributed by atoms with E-state index < -0.39 is 0 Å². The van der Waals surface area contributed by atoms with E-state index >= 15 is 0 Å². The molecule has 0 fully saturated rings. The summed E-state index contributed by atoms with van der Waals surface area (Å²) in [7, 11) is 0. The van der Waals surface area contributed by atoms with E-state index in [2.05, 4.69) is 25.1 Å². The van der Waals surface area contributed by atoms with E-state index in [-0.39, 0.29) is 0 Å². The van der Waals surface area contributed by atoms with Gasteiger partial charge in [-0.2, -0.15) is 0 Å². The maximum atomic E-state index is 5.64. The SMILES string of the molecule is CC(CCN)c1cccc2c1CCCC2. The van der Waals surface area contributed by atoms with Crippen molar-refractivity contribution in [1.82, 2.24) is 0 Å². The van der Waals surface area contributed by atoms with E-state index in [0.717, 1.165) is 13.0 Å². The molecule has 0 bridgehead atoms. The lowest BCUT2D eigenvalue weighted by Crippen LogP contribution is -2.11. The quantitative estimate of drug-likeness (QED) is 0.803. The Kier molecular flexibility index (Phi) is 3.42. The van der Waals surface area contributed by atoms with Gasteiger partial charge in [-0.15, -0.1) is 0 Å². The molecule has 0 saturated carbocycles. The molecule has 2 N–H and O–H groups in total. The van der Waals surface area contributed by atoms with E-state index in [1.807, 2.05) is 0 Å². The van der Waals surface area contributed by atoms with Crippen molar-refractivity contribution < 1.29 is 0 Å². The molecule has 1 aliphatic rings. The molecule has 1 atom stereocenters. The predicted octanol–water partition coefficient (Wildman–Crippen LogP) is 3.02. The van der Waals surface area contributed by atoms with Gasteiger partial charge in [0, 0.05) is 0 Å². The van der Waals surface area contributed by atoms with Gasteiger partial charge in [-0.25, -0.2) is 0 Å². The van der Waals surface area contributed by atoms with Crippen molar-refractivity contribution in [3.8, 4) is 0 Å². The van der Waals surface area contributed by atoms with Crippen LogP contribution in [0.1, 0.15) is 48.8 Å². The molecule has 1 nitrogen and oxygen atoms in total. The summed E-state index contributed by atoms with van der Waals surface area (Å²) in [5.41, 5.74) is 10.4. The Bertz CT molecular complexity index is 330. The van der Waals surface area contributed by atoms with E-state index in [1.165, 1.54) is 25.7 Å². The zero-order valence-corrected chi connectivity index (χ0v) is 9.63. The molecule has 2 rings (SSSR count). The molecule has 1 unspecified atom stereocenters. The third kappa shape index (κ3) is 2.23. The fraction of sp³-hybridized carbons (Fsp3) is 0.571. The zero-order chi connectivity index (χ0) is 10.7. The molecule has 82 valence electrons. The fourth-order valence-corrected chi connectivity index (χ4v) is 2.68. The van der Waals surface area contributed by atoms with Gasteiger partial charge in [0.2, 0.25) is 0 Å². The average molecular weight is 203 g/mol. The Morgan fingerprint density at radius 3 is 2.87 bits per heavy atom. The normalized spacial score (nSPS) is 17.2. The smallest absolute Gasteiger partial charge is 0.00715 e. The summed E-state index contributed by atoms with van der Waals surface area (Å²) < 4.78 is 0. The van der Waals surface area contributed by atoms with Crippen LogP contribution in [0.25, 0.3) is 0 Å². The number of hydrogen-bond donors (Lipinski definition) is 1. The van der Waals surface area contributed by atoms with Gasteiger partial charge in [0.15, 0.2) is 0 Å². The van der Waals surface area contributed by atoms with Gasteiger partial charge in [-0.1, -0.05) is 25.1 Å². The van der Waals surface area contributed by atoms with E-state index in [1.54, 1.807) is 16.7 Å². The van der Waals surface area contributed by atoms with Crippen LogP contribution in [-0.2, 0) is 12.8 Å². The van der Waals surface area contributed by atoms with E-state index in [4.69, 9.17) is 5.73 Å². The monoisotopic (exact) mass is 203 g/mol. The minimum absolute atomic E-state index is 0.628. The van der Waals surface area contributed by atoms with Gasteiger partial charge in [0.05, 0.1) is 0 Å². The van der Waals surface area contributed by atoms with Gasteiger partial charge in [0.25, 0.3) is 0 Å². The van der Waals surface area contributed by atoms with Crippen LogP contribution in [0.3, 0.4) is 0 Å². The summed E-state index contributed by atoms with van der Waals surface area (Å²) in [5.74, 6) is 0.628. The summed E-state index contributed by atoms with van der Waals surface area (Å²) in [5, 5.41) is 0. The predicted molar refractivity (Wildman–Crippen MR) is 65.2 cm³/mol. The maximum absolute atomic E-state index is 5.64. The molecule has 1 aromatic carbocycles. The molecule has 0 saturated heterocycles. The first-order valence-electron chi connectivity index (χ1n) is 6.13. The second kappa shape index (κ2) is 4.80. The highest BCUT2D eigenvalue weighted by Gasteiger charge is 2.15. The summed E-state index contributed by atoms with van der Waals surface area (Å²) >= 11 is 0. The number of hydrogen-bond acceptors (Lipinski definition) is 1. The van der Waals surface area contributed by atoms with Crippen LogP contribution in [0, 0.1) is 0 Å². The lowest BCUT2D eigenvalue weighted by atomic mass is 9.83. The third-order valence-corrected chi connectivity index (χ3v) is 3.56. The molecular formula is C14H21N. The van der Waals surface area contributed by atoms with Crippen LogP contribution in [0.4, 0.5) is 0 Å². The zero-order valence-electron chi connectivity index (χ0n) is 9.63. The molecule has 0 aromatic heterocycles. The summed E-state index contributed by atoms with van der Waals surface area (Å²) in [6, 6.07) is 6.81. The molecule has 1 aromatic rings. The van der Waals surface area contributed by atoms with Crippen LogP contribution >= 0.6 is 0 Å². The molecule has 0 spiro atoms. The molecule has 0 radical (unpaired) electrons. The van der Waals surface area contributed by atoms with Gasteiger partial charge in [0.1, 0.15) is 0 Å². The fourth-order valence-electron chi connectivity index (χ4n) is 2.68. The second-order valence-corrected chi connectivity index (χ2v) is 4.67. The Hall–Kier alpha value is -0.820. The van der Waals surface area contributed by atoms with Crippen molar-refractivity contribution in [3.63, 3.8) is 0 Å². The molecule has 15 heavy (non-hydrogen) atoms. The van der Waals surface area contributed by atoms with Crippen molar-refractivity contribution in [1.29, 1.82) is 0 Å². The second-order valence-electron chi connectivity index (χ2n) is 4.67. The molecule has 0 aliphatic heterocycles. The van der Waals surface area contributed by atoms with Crippen molar-refractivity contribution >= 4 is 0 Å². The first-order valence-corrected chi connectivity index (χ1v) is 6.13. The van der Waals surface area contributed by atoms with Crippen molar-refractivity contribution in [2.24, 2.45) is 5.73 Å². The first-order chi connectivity index (χ1) is 7.33. The van der Waals surface area contributed by atoms with Crippen molar-refractivity contribution in [2.75, 3.05) is 6.54 Å². The molecule has 1 heteroatoms. The summed E-state index contributed by atoms with van der Waals surface area (Å²) in [4.78, 5) is 0. The molecule has 0 amide bonds. The standard InChI is InChI=1S/C14H21N/c1-11(9-10-15)13-8-4-6-12-5-2-3-7-14(12)13/h4,6,8,11H,2-3,5,7,9-10,15H2,1H3. The average Bonchev–Trinajstić information content (AvgIpc) is 2.28. The highest BCUT2D eigenvalue weighted by Crippen LogP contribution is 2.30. The van der Waals surface area contributed by atoms with Crippen LogP contribution in [-0.4, -0.2) is 6.54 Å².